The van der Waals surface area contributed by atoms with Crippen LogP contribution in [0.5, 0.6) is 5.75 Å². The normalized spacial score (nSPS) is 20.1. The van der Waals surface area contributed by atoms with Gasteiger partial charge in [-0.3, -0.25) is 4.79 Å². The van der Waals surface area contributed by atoms with Crippen LogP contribution in [0.2, 0.25) is 0 Å². The highest BCUT2D eigenvalue weighted by Gasteiger charge is 2.46. The number of halogens is 2. The van der Waals surface area contributed by atoms with Crippen molar-refractivity contribution in [1.82, 2.24) is 0 Å². The first-order chi connectivity index (χ1) is 11.0. The van der Waals surface area contributed by atoms with Crippen LogP contribution in [0, 0.1) is 6.92 Å². The fraction of sp³-hybridized carbons (Fsp3) is 0.235. The van der Waals surface area contributed by atoms with Crippen molar-refractivity contribution in [1.29, 1.82) is 0 Å². The minimum absolute atomic E-state index is 0.114. The largest absolute Gasteiger partial charge is 0.490 e. The van der Waals surface area contributed by atoms with Crippen molar-refractivity contribution < 1.29 is 14.6 Å². The van der Waals surface area contributed by atoms with Crippen LogP contribution in [0.15, 0.2) is 50.2 Å². The van der Waals surface area contributed by atoms with Crippen LogP contribution in [-0.4, -0.2) is 28.9 Å². The summed E-state index contributed by atoms with van der Waals surface area (Å²) in [5.74, 6) is 0.435. The molecule has 0 radical (unpaired) electrons. The van der Waals surface area contributed by atoms with E-state index in [0.29, 0.717) is 11.3 Å². The Kier molecular flexibility index (Phi) is 4.88. The molecular formula is C17H14Br2O3S. The average Bonchev–Trinajstić information content (AvgIpc) is 2.57. The topological polar surface area (TPSA) is 46.5 Å². The smallest absolute Gasteiger partial charge is 0.188 e. The molecule has 1 heterocycles. The Bertz CT molecular complexity index is 764. The standard InChI is InChI=1S/C17H14Br2O3S/c1-10-13(18)7-12-15(14(10)19)22-9-17(8-20,16(12)21)23-11-5-3-2-4-6-11/h2-7,20H,8-9H2,1H3/t17-/m0/s1. The first-order valence-corrected chi connectivity index (χ1v) is 9.40. The lowest BCUT2D eigenvalue weighted by atomic mass is 9.94. The molecule has 2 aromatic rings. The Hall–Kier alpha value is -0.820. The highest BCUT2D eigenvalue weighted by atomic mass is 79.9. The molecule has 6 heteroatoms. The van der Waals surface area contributed by atoms with E-state index in [0.717, 1.165) is 19.4 Å². The van der Waals surface area contributed by atoms with Crippen LogP contribution in [-0.2, 0) is 0 Å². The van der Waals surface area contributed by atoms with Gasteiger partial charge in [0.15, 0.2) is 5.78 Å². The fourth-order valence-electron chi connectivity index (χ4n) is 2.44. The molecule has 3 nitrogen and oxygen atoms in total. The molecule has 2 aromatic carbocycles. The van der Waals surface area contributed by atoms with Crippen molar-refractivity contribution in [3.05, 3.63) is 56.5 Å². The van der Waals surface area contributed by atoms with E-state index in [1.165, 1.54) is 11.8 Å². The van der Waals surface area contributed by atoms with Gasteiger partial charge in [0.1, 0.15) is 17.1 Å². The lowest BCUT2D eigenvalue weighted by molar-refractivity contribution is 0.0796. The highest BCUT2D eigenvalue weighted by Crippen LogP contribution is 2.46. The minimum atomic E-state index is -1.03. The van der Waals surface area contributed by atoms with Crippen LogP contribution >= 0.6 is 43.6 Å². The molecule has 0 amide bonds. The lowest BCUT2D eigenvalue weighted by Gasteiger charge is -2.35. The third-order valence-electron chi connectivity index (χ3n) is 3.82. The number of ketones is 1. The van der Waals surface area contributed by atoms with Crippen molar-refractivity contribution in [2.45, 2.75) is 16.6 Å². The molecule has 23 heavy (non-hydrogen) atoms. The van der Waals surface area contributed by atoms with Crippen molar-refractivity contribution in [2.24, 2.45) is 0 Å². The maximum absolute atomic E-state index is 13.1. The molecule has 3 rings (SSSR count). The van der Waals surface area contributed by atoms with Gasteiger partial charge in [0.2, 0.25) is 0 Å². The molecule has 0 aliphatic carbocycles. The third kappa shape index (κ3) is 2.97. The molecule has 1 atom stereocenters. The lowest BCUT2D eigenvalue weighted by Crippen LogP contribution is -2.47. The number of fused-ring (bicyclic) bond motifs is 1. The van der Waals surface area contributed by atoms with E-state index in [1.54, 1.807) is 6.07 Å². The van der Waals surface area contributed by atoms with E-state index in [9.17, 15) is 9.90 Å². The van der Waals surface area contributed by atoms with Gasteiger partial charge in [0, 0.05) is 9.37 Å². The van der Waals surface area contributed by atoms with Gasteiger partial charge in [-0.05, 0) is 46.6 Å². The number of Topliss-reactive ketones (excluding diaryl/α,β-unsaturated/α-hetero) is 1. The second-order valence-corrected chi connectivity index (χ2v) is 8.46. The molecule has 0 aromatic heterocycles. The van der Waals surface area contributed by atoms with Crippen molar-refractivity contribution in [3.63, 3.8) is 0 Å². The molecule has 0 fully saturated rings. The number of carbonyl (C=O) groups excluding carboxylic acids is 1. The summed E-state index contributed by atoms with van der Waals surface area (Å²) in [5.41, 5.74) is 1.46. The number of aliphatic hydroxyl groups is 1. The van der Waals surface area contributed by atoms with E-state index < -0.39 is 4.75 Å². The van der Waals surface area contributed by atoms with E-state index >= 15 is 0 Å². The summed E-state index contributed by atoms with van der Waals surface area (Å²) < 4.78 is 6.45. The second kappa shape index (κ2) is 6.59. The molecule has 120 valence electrons. The minimum Gasteiger partial charge on any atom is -0.490 e. The summed E-state index contributed by atoms with van der Waals surface area (Å²) in [6.45, 7) is 1.79. The van der Waals surface area contributed by atoms with Gasteiger partial charge >= 0.3 is 0 Å². The predicted octanol–water partition coefficient (Wildman–Crippen LogP) is 4.62. The molecule has 0 saturated heterocycles. The highest BCUT2D eigenvalue weighted by molar-refractivity contribution is 9.11. The predicted molar refractivity (Wildman–Crippen MR) is 98.5 cm³/mol. The molecule has 0 bridgehead atoms. The Morgan fingerprint density at radius 1 is 1.30 bits per heavy atom. The molecule has 1 aliphatic rings. The number of benzene rings is 2. The molecule has 0 saturated carbocycles. The zero-order valence-corrected chi connectivity index (χ0v) is 16.3. The molecule has 0 unspecified atom stereocenters. The van der Waals surface area contributed by atoms with Gasteiger partial charge in [-0.15, -0.1) is 11.8 Å². The van der Waals surface area contributed by atoms with Crippen LogP contribution in [0.1, 0.15) is 15.9 Å². The van der Waals surface area contributed by atoms with Gasteiger partial charge in [-0.2, -0.15) is 0 Å². The molecular weight excluding hydrogens is 444 g/mol. The Balaban J connectivity index is 2.05. The van der Waals surface area contributed by atoms with E-state index in [-0.39, 0.29) is 19.0 Å². The van der Waals surface area contributed by atoms with Crippen molar-refractivity contribution in [2.75, 3.05) is 13.2 Å². The number of aliphatic hydroxyl groups excluding tert-OH is 1. The number of carbonyl (C=O) groups is 1. The van der Waals surface area contributed by atoms with E-state index in [1.807, 2.05) is 37.3 Å². The fourth-order valence-corrected chi connectivity index (χ4v) is 4.81. The summed E-state index contributed by atoms with van der Waals surface area (Å²) in [5, 5.41) is 9.95. The van der Waals surface area contributed by atoms with Crippen LogP contribution in [0.25, 0.3) is 0 Å². The van der Waals surface area contributed by atoms with Crippen LogP contribution in [0.4, 0.5) is 0 Å². The van der Waals surface area contributed by atoms with Crippen molar-refractivity contribution >= 4 is 49.4 Å². The Labute approximate surface area is 155 Å². The SMILES string of the molecule is Cc1c(Br)cc2c(c1Br)OC[C@](CO)(Sc1ccccc1)C2=O. The number of thioether (sulfide) groups is 1. The average molecular weight is 458 g/mol. The number of ether oxygens (including phenoxy) is 1. The van der Waals surface area contributed by atoms with E-state index in [4.69, 9.17) is 4.74 Å². The first-order valence-electron chi connectivity index (χ1n) is 6.99. The van der Waals surface area contributed by atoms with Crippen LogP contribution < -0.4 is 4.74 Å². The number of hydrogen-bond donors (Lipinski definition) is 1. The quantitative estimate of drug-likeness (QED) is 0.730. The van der Waals surface area contributed by atoms with Gasteiger partial charge in [-0.1, -0.05) is 34.1 Å². The zero-order chi connectivity index (χ0) is 16.6. The summed E-state index contributed by atoms with van der Waals surface area (Å²) in [7, 11) is 0. The Morgan fingerprint density at radius 3 is 2.65 bits per heavy atom. The second-order valence-electron chi connectivity index (χ2n) is 5.36. The van der Waals surface area contributed by atoms with Gasteiger partial charge < -0.3 is 9.84 Å². The zero-order valence-electron chi connectivity index (χ0n) is 12.3. The molecule has 0 spiro atoms. The van der Waals surface area contributed by atoms with Crippen LogP contribution in [0.3, 0.4) is 0 Å². The van der Waals surface area contributed by atoms with Gasteiger partial charge in [0.25, 0.3) is 0 Å². The monoisotopic (exact) mass is 456 g/mol. The summed E-state index contributed by atoms with van der Waals surface area (Å²) in [6, 6.07) is 11.4. The van der Waals surface area contributed by atoms with E-state index in [2.05, 4.69) is 31.9 Å². The summed E-state index contributed by atoms with van der Waals surface area (Å²) >= 11 is 8.31. The van der Waals surface area contributed by atoms with Gasteiger partial charge in [-0.25, -0.2) is 0 Å². The number of hydrogen-bond acceptors (Lipinski definition) is 4. The Morgan fingerprint density at radius 2 is 2.00 bits per heavy atom. The van der Waals surface area contributed by atoms with Gasteiger partial charge in [0.05, 0.1) is 16.6 Å². The maximum atomic E-state index is 13.1. The maximum Gasteiger partial charge on any atom is 0.188 e. The molecule has 1 N–H and O–H groups in total. The summed E-state index contributed by atoms with van der Waals surface area (Å²) in [4.78, 5) is 14.0. The third-order valence-corrected chi connectivity index (χ3v) is 6.93. The number of rotatable bonds is 3. The first kappa shape index (κ1) is 17.0. The van der Waals surface area contributed by atoms with Crippen molar-refractivity contribution in [3.8, 4) is 5.75 Å². The molecule has 1 aliphatic heterocycles. The summed E-state index contributed by atoms with van der Waals surface area (Å²) in [6.07, 6.45) is 0.